The molecule has 0 saturated carbocycles. The van der Waals surface area contributed by atoms with Crippen molar-refractivity contribution in [2.75, 3.05) is 9.80 Å². The van der Waals surface area contributed by atoms with Crippen LogP contribution in [0.25, 0.3) is 11.1 Å². The minimum Gasteiger partial charge on any atom is -0.311 e. The zero-order valence-corrected chi connectivity index (χ0v) is 27.0. The first-order chi connectivity index (χ1) is 21.7. The Kier molecular flexibility index (Phi) is 8.58. The van der Waals surface area contributed by atoms with Crippen molar-refractivity contribution in [2.24, 2.45) is 5.41 Å². The van der Waals surface area contributed by atoms with Crippen LogP contribution in [-0.4, -0.2) is 0 Å². The van der Waals surface area contributed by atoms with Crippen molar-refractivity contribution >= 4 is 34.1 Å². The average molecular weight is 587 g/mol. The first kappa shape index (κ1) is 30.0. The van der Waals surface area contributed by atoms with Crippen LogP contribution in [0.4, 0.5) is 34.1 Å². The predicted molar refractivity (Wildman–Crippen MR) is 194 cm³/mol. The van der Waals surface area contributed by atoms with Crippen LogP contribution in [0.2, 0.25) is 0 Å². The van der Waals surface area contributed by atoms with Gasteiger partial charge in [0.05, 0.1) is 0 Å². The van der Waals surface area contributed by atoms with Crippen LogP contribution in [-0.2, 0) is 6.42 Å². The SMILES string of the molecule is Cc1ccc(N(c2ccccc2)c2ccc(-c3ccc(N(c4ccc(C)cc4)c4ccc(CC(C)(C)C)cc4)cc3)cc2)cc1. The predicted octanol–water partition coefficient (Wildman–Crippen LogP) is 12.5. The molecule has 224 valence electrons. The average Bonchev–Trinajstić information content (AvgIpc) is 3.04. The molecule has 0 saturated heterocycles. The largest absolute Gasteiger partial charge is 0.311 e. The normalized spacial score (nSPS) is 11.3. The van der Waals surface area contributed by atoms with Crippen molar-refractivity contribution in [3.8, 4) is 11.1 Å². The molecule has 0 aliphatic heterocycles. The van der Waals surface area contributed by atoms with E-state index in [1.54, 1.807) is 0 Å². The van der Waals surface area contributed by atoms with Crippen molar-refractivity contribution in [3.05, 3.63) is 168 Å². The minimum absolute atomic E-state index is 0.257. The van der Waals surface area contributed by atoms with Gasteiger partial charge in [-0.05, 0) is 115 Å². The lowest BCUT2D eigenvalue weighted by atomic mass is 9.88. The lowest BCUT2D eigenvalue weighted by Crippen LogP contribution is -2.11. The molecule has 0 aromatic heterocycles. The molecule has 6 rings (SSSR count). The Bertz CT molecular complexity index is 1810. The van der Waals surface area contributed by atoms with E-state index in [9.17, 15) is 0 Å². The third-order valence-corrected chi connectivity index (χ3v) is 8.11. The summed E-state index contributed by atoms with van der Waals surface area (Å²) in [7, 11) is 0. The molecule has 0 aliphatic rings. The van der Waals surface area contributed by atoms with Crippen molar-refractivity contribution in [2.45, 2.75) is 41.0 Å². The Morgan fingerprint density at radius 3 is 1.04 bits per heavy atom. The van der Waals surface area contributed by atoms with Gasteiger partial charge in [0.25, 0.3) is 0 Å². The van der Waals surface area contributed by atoms with E-state index in [1.165, 1.54) is 27.8 Å². The zero-order chi connectivity index (χ0) is 31.4. The topological polar surface area (TPSA) is 6.48 Å². The Hall–Kier alpha value is -5.08. The molecule has 6 aromatic carbocycles. The quantitative estimate of drug-likeness (QED) is 0.175. The third kappa shape index (κ3) is 7.19. The molecular weight excluding hydrogens is 544 g/mol. The van der Waals surface area contributed by atoms with Crippen LogP contribution >= 0.6 is 0 Å². The third-order valence-electron chi connectivity index (χ3n) is 8.11. The van der Waals surface area contributed by atoms with E-state index in [0.29, 0.717) is 0 Å². The maximum Gasteiger partial charge on any atom is 0.0462 e. The number of nitrogens with zero attached hydrogens (tertiary/aromatic N) is 2. The highest BCUT2D eigenvalue weighted by Gasteiger charge is 2.16. The summed E-state index contributed by atoms with van der Waals surface area (Å²) in [5.74, 6) is 0. The molecule has 0 amide bonds. The van der Waals surface area contributed by atoms with E-state index in [1.807, 2.05) is 0 Å². The molecule has 0 N–H and O–H groups in total. The second-order valence-corrected chi connectivity index (χ2v) is 13.2. The van der Waals surface area contributed by atoms with E-state index >= 15 is 0 Å². The molecule has 0 bridgehead atoms. The molecule has 0 heterocycles. The summed E-state index contributed by atoms with van der Waals surface area (Å²) in [5, 5.41) is 0. The molecular formula is C43H42N2. The van der Waals surface area contributed by atoms with Gasteiger partial charge in [0.15, 0.2) is 0 Å². The molecule has 0 radical (unpaired) electrons. The van der Waals surface area contributed by atoms with Gasteiger partial charge in [-0.15, -0.1) is 0 Å². The highest BCUT2D eigenvalue weighted by molar-refractivity contribution is 5.80. The second-order valence-electron chi connectivity index (χ2n) is 13.2. The van der Waals surface area contributed by atoms with Gasteiger partial charge in [0.1, 0.15) is 0 Å². The van der Waals surface area contributed by atoms with Gasteiger partial charge < -0.3 is 9.80 Å². The van der Waals surface area contributed by atoms with Crippen LogP contribution in [0.1, 0.15) is 37.5 Å². The Labute approximate surface area is 269 Å². The fourth-order valence-electron chi connectivity index (χ4n) is 5.84. The van der Waals surface area contributed by atoms with Crippen LogP contribution < -0.4 is 9.80 Å². The van der Waals surface area contributed by atoms with Crippen LogP contribution in [0.5, 0.6) is 0 Å². The molecule has 0 atom stereocenters. The van der Waals surface area contributed by atoms with Crippen molar-refractivity contribution in [1.82, 2.24) is 0 Å². The summed E-state index contributed by atoms with van der Waals surface area (Å²) in [6.45, 7) is 11.1. The number of anilines is 6. The number of rotatable bonds is 8. The molecule has 2 heteroatoms. The summed E-state index contributed by atoms with van der Waals surface area (Å²) in [4.78, 5) is 4.64. The van der Waals surface area contributed by atoms with Crippen molar-refractivity contribution in [3.63, 3.8) is 0 Å². The fraction of sp³-hybridized carbons (Fsp3) is 0.163. The van der Waals surface area contributed by atoms with Gasteiger partial charge in [-0.3, -0.25) is 0 Å². The highest BCUT2D eigenvalue weighted by atomic mass is 15.1. The molecule has 6 aromatic rings. The summed E-state index contributed by atoms with van der Waals surface area (Å²) in [6, 6.07) is 54.9. The van der Waals surface area contributed by atoms with Gasteiger partial charge in [-0.1, -0.05) is 111 Å². The molecule has 0 fully saturated rings. The Balaban J connectivity index is 1.30. The van der Waals surface area contributed by atoms with Crippen molar-refractivity contribution in [1.29, 1.82) is 0 Å². The zero-order valence-electron chi connectivity index (χ0n) is 27.0. The molecule has 0 aliphatic carbocycles. The molecule has 2 nitrogen and oxygen atoms in total. The van der Waals surface area contributed by atoms with Crippen LogP contribution in [0.3, 0.4) is 0 Å². The molecule has 45 heavy (non-hydrogen) atoms. The Morgan fingerprint density at radius 2 is 0.689 bits per heavy atom. The number of hydrogen-bond acceptors (Lipinski definition) is 2. The maximum absolute atomic E-state index is 2.34. The Morgan fingerprint density at radius 1 is 0.378 bits per heavy atom. The van der Waals surface area contributed by atoms with Crippen LogP contribution in [0.15, 0.2) is 152 Å². The van der Waals surface area contributed by atoms with Gasteiger partial charge in [0, 0.05) is 34.1 Å². The van der Waals surface area contributed by atoms with Gasteiger partial charge in [0.2, 0.25) is 0 Å². The second kappa shape index (κ2) is 12.9. The monoisotopic (exact) mass is 586 g/mol. The van der Waals surface area contributed by atoms with Crippen LogP contribution in [0, 0.1) is 19.3 Å². The number of hydrogen-bond donors (Lipinski definition) is 0. The smallest absolute Gasteiger partial charge is 0.0462 e. The first-order valence-electron chi connectivity index (χ1n) is 15.8. The number of para-hydroxylation sites is 1. The van der Waals surface area contributed by atoms with E-state index < -0.39 is 0 Å². The van der Waals surface area contributed by atoms with Gasteiger partial charge >= 0.3 is 0 Å². The lowest BCUT2D eigenvalue weighted by molar-refractivity contribution is 0.411. The van der Waals surface area contributed by atoms with Gasteiger partial charge in [-0.2, -0.15) is 0 Å². The van der Waals surface area contributed by atoms with Crippen molar-refractivity contribution < 1.29 is 0 Å². The maximum atomic E-state index is 2.34. The number of aryl methyl sites for hydroxylation is 2. The highest BCUT2D eigenvalue weighted by Crippen LogP contribution is 2.38. The molecule has 0 spiro atoms. The van der Waals surface area contributed by atoms with Gasteiger partial charge in [-0.25, -0.2) is 0 Å². The number of benzene rings is 6. The summed E-state index contributed by atoms with van der Waals surface area (Å²) < 4.78 is 0. The summed E-state index contributed by atoms with van der Waals surface area (Å²) in [6.07, 6.45) is 1.05. The van der Waals surface area contributed by atoms with E-state index in [2.05, 4.69) is 196 Å². The summed E-state index contributed by atoms with van der Waals surface area (Å²) in [5.41, 5.74) is 13.4. The minimum atomic E-state index is 0.257. The summed E-state index contributed by atoms with van der Waals surface area (Å²) >= 11 is 0. The fourth-order valence-corrected chi connectivity index (χ4v) is 5.84. The van der Waals surface area contributed by atoms with E-state index in [0.717, 1.165) is 40.5 Å². The molecule has 0 unspecified atom stereocenters. The standard InChI is InChI=1S/C43H42N2/c1-32-11-21-38(22-12-32)44(37-9-7-6-8-10-37)41-27-17-35(18-28-41)36-19-29-42(30-20-36)45(39-23-13-33(2)14-24-39)40-25-15-34(16-26-40)31-43(3,4)5/h6-30H,31H2,1-5H3. The van der Waals surface area contributed by atoms with E-state index in [-0.39, 0.29) is 5.41 Å². The van der Waals surface area contributed by atoms with E-state index in [4.69, 9.17) is 0 Å². The first-order valence-corrected chi connectivity index (χ1v) is 15.8. The lowest BCUT2D eigenvalue weighted by Gasteiger charge is -2.27.